The third kappa shape index (κ3) is 2.16. The molecule has 0 amide bonds. The molecule has 5 rings (SSSR count). The Morgan fingerprint density at radius 1 is 1.00 bits per heavy atom. The second-order valence-electron chi connectivity index (χ2n) is 7.92. The third-order valence-electron chi connectivity index (χ3n) is 5.52. The summed E-state index contributed by atoms with van der Waals surface area (Å²) in [6, 6.07) is 13.4. The lowest BCUT2D eigenvalue weighted by atomic mass is 9.86. The molecule has 0 fully saturated rings. The minimum atomic E-state index is 0.482. The van der Waals surface area contributed by atoms with Gasteiger partial charge < -0.3 is 0 Å². The maximum Gasteiger partial charge on any atom is 0.233 e. The van der Waals surface area contributed by atoms with Crippen molar-refractivity contribution < 1.29 is 4.57 Å². The van der Waals surface area contributed by atoms with Gasteiger partial charge in [-0.15, -0.1) is 11.3 Å². The summed E-state index contributed by atoms with van der Waals surface area (Å²) in [6.07, 6.45) is 2.19. The maximum absolute atomic E-state index is 5.17. The number of aromatic nitrogens is 2. The number of nitrogens with zero attached hydrogens (tertiary/aromatic N) is 2. The van der Waals surface area contributed by atoms with E-state index in [-0.39, 0.29) is 0 Å². The van der Waals surface area contributed by atoms with Crippen molar-refractivity contribution in [2.24, 2.45) is 0 Å². The van der Waals surface area contributed by atoms with Gasteiger partial charge in [-0.2, -0.15) is 4.57 Å². The zero-order chi connectivity index (χ0) is 18.0. The summed E-state index contributed by atoms with van der Waals surface area (Å²) in [6.45, 7) is 10.1. The average Bonchev–Trinajstić information content (AvgIpc) is 3.19. The second kappa shape index (κ2) is 5.62. The van der Waals surface area contributed by atoms with Crippen molar-refractivity contribution in [2.45, 2.75) is 46.1 Å². The van der Waals surface area contributed by atoms with Crippen LogP contribution in [0.3, 0.4) is 0 Å². The lowest BCUT2D eigenvalue weighted by Gasteiger charge is -2.19. The molecule has 0 spiro atoms. The predicted molar refractivity (Wildman–Crippen MR) is 110 cm³/mol. The Bertz CT molecular complexity index is 1140. The molecule has 0 saturated heterocycles. The summed E-state index contributed by atoms with van der Waals surface area (Å²) in [5.41, 5.74) is 8.08. The van der Waals surface area contributed by atoms with Crippen LogP contribution in [0.15, 0.2) is 42.6 Å². The van der Waals surface area contributed by atoms with E-state index in [1.807, 2.05) is 11.3 Å². The minimum absolute atomic E-state index is 0.482. The van der Waals surface area contributed by atoms with E-state index in [1.54, 1.807) is 0 Å². The van der Waals surface area contributed by atoms with Gasteiger partial charge in [0.1, 0.15) is 9.53 Å². The first-order chi connectivity index (χ1) is 12.5. The molecule has 1 aliphatic heterocycles. The summed E-state index contributed by atoms with van der Waals surface area (Å²) in [4.78, 5) is 6.35. The van der Waals surface area contributed by atoms with Crippen molar-refractivity contribution in [3.05, 3.63) is 59.3 Å². The minimum Gasteiger partial charge on any atom is -0.237 e. The van der Waals surface area contributed by atoms with Crippen molar-refractivity contribution in [1.29, 1.82) is 0 Å². The van der Waals surface area contributed by atoms with E-state index in [0.29, 0.717) is 11.8 Å². The lowest BCUT2D eigenvalue weighted by Crippen LogP contribution is -2.30. The van der Waals surface area contributed by atoms with Crippen LogP contribution in [0, 0.1) is 0 Å². The molecule has 2 nitrogen and oxygen atoms in total. The highest BCUT2D eigenvalue weighted by atomic mass is 32.1. The van der Waals surface area contributed by atoms with Crippen molar-refractivity contribution in [3.63, 3.8) is 0 Å². The largest absolute Gasteiger partial charge is 0.237 e. The molecular weight excluding hydrogens is 336 g/mol. The Morgan fingerprint density at radius 2 is 1.73 bits per heavy atom. The zero-order valence-corrected chi connectivity index (χ0v) is 16.5. The fourth-order valence-electron chi connectivity index (χ4n) is 4.30. The quantitative estimate of drug-likeness (QED) is 0.360. The summed E-state index contributed by atoms with van der Waals surface area (Å²) in [5, 5.41) is 1.36. The first-order valence-electron chi connectivity index (χ1n) is 9.42. The van der Waals surface area contributed by atoms with E-state index < -0.39 is 0 Å². The molecule has 0 bridgehead atoms. The highest BCUT2D eigenvalue weighted by Crippen LogP contribution is 2.41. The standard InChI is InChI=1S/C23H23N2S/c1-13(2)16-7-5-8-17(14(3)4)21(16)18-11-15-12-25-10-6-9-19-22(25)20(15)23(24-18)26-19/h5-11,13-14H,12H2,1-4H3/q+1. The molecule has 130 valence electrons. The number of thiophene rings is 1. The van der Waals surface area contributed by atoms with Gasteiger partial charge in [-0.05, 0) is 35.1 Å². The Labute approximate surface area is 158 Å². The Kier molecular flexibility index (Phi) is 3.45. The number of rotatable bonds is 3. The van der Waals surface area contributed by atoms with Gasteiger partial charge in [0.05, 0.1) is 11.1 Å². The van der Waals surface area contributed by atoms with E-state index in [1.165, 1.54) is 42.7 Å². The topological polar surface area (TPSA) is 16.8 Å². The molecule has 26 heavy (non-hydrogen) atoms. The van der Waals surface area contributed by atoms with E-state index in [0.717, 1.165) is 12.2 Å². The van der Waals surface area contributed by atoms with Crippen LogP contribution in [0.25, 0.3) is 31.7 Å². The lowest BCUT2D eigenvalue weighted by molar-refractivity contribution is -0.657. The summed E-state index contributed by atoms with van der Waals surface area (Å²) >= 11 is 1.82. The molecule has 0 N–H and O–H groups in total. The number of pyridine rings is 2. The van der Waals surface area contributed by atoms with Gasteiger partial charge in [0.15, 0.2) is 12.7 Å². The van der Waals surface area contributed by atoms with Crippen molar-refractivity contribution in [1.82, 2.24) is 4.98 Å². The van der Waals surface area contributed by atoms with Crippen LogP contribution < -0.4 is 4.57 Å². The van der Waals surface area contributed by atoms with Gasteiger partial charge in [0.2, 0.25) is 5.52 Å². The summed E-state index contributed by atoms with van der Waals surface area (Å²) < 4.78 is 3.71. The third-order valence-corrected chi connectivity index (χ3v) is 6.55. The average molecular weight is 360 g/mol. The van der Waals surface area contributed by atoms with Crippen molar-refractivity contribution in [3.8, 4) is 11.3 Å². The highest BCUT2D eigenvalue weighted by Gasteiger charge is 2.29. The van der Waals surface area contributed by atoms with Gasteiger partial charge in [0.25, 0.3) is 0 Å². The van der Waals surface area contributed by atoms with Gasteiger partial charge in [-0.1, -0.05) is 45.9 Å². The van der Waals surface area contributed by atoms with Crippen LogP contribution in [0.2, 0.25) is 0 Å². The smallest absolute Gasteiger partial charge is 0.233 e. The van der Waals surface area contributed by atoms with Gasteiger partial charge in [0, 0.05) is 17.2 Å². The molecule has 0 atom stereocenters. The maximum atomic E-state index is 5.17. The van der Waals surface area contributed by atoms with E-state index in [4.69, 9.17) is 4.98 Å². The highest BCUT2D eigenvalue weighted by molar-refractivity contribution is 7.25. The van der Waals surface area contributed by atoms with Crippen LogP contribution in [-0.4, -0.2) is 4.98 Å². The molecule has 4 heterocycles. The molecule has 4 aromatic rings. The zero-order valence-electron chi connectivity index (χ0n) is 15.7. The fourth-order valence-corrected chi connectivity index (χ4v) is 5.44. The molecular formula is C23H23N2S+. The Balaban J connectivity index is 1.83. The first-order valence-corrected chi connectivity index (χ1v) is 10.2. The number of hydrogen-bond donors (Lipinski definition) is 0. The second-order valence-corrected chi connectivity index (χ2v) is 8.95. The summed E-state index contributed by atoms with van der Waals surface area (Å²) in [7, 11) is 0. The molecule has 0 radical (unpaired) electrons. The molecule has 3 aromatic heterocycles. The monoisotopic (exact) mass is 359 g/mol. The molecule has 1 aliphatic rings. The van der Waals surface area contributed by atoms with Gasteiger partial charge in [-0.3, -0.25) is 0 Å². The molecule has 0 unspecified atom stereocenters. The van der Waals surface area contributed by atoms with Crippen LogP contribution in [-0.2, 0) is 6.54 Å². The van der Waals surface area contributed by atoms with E-state index in [9.17, 15) is 0 Å². The van der Waals surface area contributed by atoms with E-state index in [2.05, 4.69) is 74.9 Å². The van der Waals surface area contributed by atoms with E-state index >= 15 is 0 Å². The Morgan fingerprint density at radius 3 is 2.42 bits per heavy atom. The van der Waals surface area contributed by atoms with Crippen LogP contribution in [0.1, 0.15) is 56.2 Å². The van der Waals surface area contributed by atoms with Crippen molar-refractivity contribution in [2.75, 3.05) is 0 Å². The number of benzene rings is 1. The normalized spacial score (nSPS) is 13.2. The van der Waals surface area contributed by atoms with Gasteiger partial charge in [-0.25, -0.2) is 4.98 Å². The van der Waals surface area contributed by atoms with Crippen LogP contribution >= 0.6 is 11.3 Å². The molecule has 3 heteroatoms. The first kappa shape index (κ1) is 16.0. The van der Waals surface area contributed by atoms with Crippen LogP contribution in [0.5, 0.6) is 0 Å². The fraction of sp³-hybridized carbons (Fsp3) is 0.304. The van der Waals surface area contributed by atoms with Gasteiger partial charge >= 0.3 is 0 Å². The predicted octanol–water partition coefficient (Wildman–Crippen LogP) is 6.01. The molecule has 0 aliphatic carbocycles. The summed E-state index contributed by atoms with van der Waals surface area (Å²) in [5.74, 6) is 0.965. The molecule has 0 saturated carbocycles. The van der Waals surface area contributed by atoms with Crippen molar-refractivity contribution >= 4 is 31.8 Å². The molecule has 1 aromatic carbocycles. The Hall–Kier alpha value is -2.26. The SMILES string of the molecule is CC(C)c1cccc(C(C)C)c1-c1cc2c3c(n1)sc1ccc[n+](c13)C2. The van der Waals surface area contributed by atoms with Crippen LogP contribution in [0.4, 0.5) is 0 Å². The number of hydrogen-bond acceptors (Lipinski definition) is 2.